The Labute approximate surface area is 290 Å². The zero-order valence-electron chi connectivity index (χ0n) is 29.0. The predicted molar refractivity (Wildman–Crippen MR) is 198 cm³/mol. The number of anilines is 4. The first-order valence-electron chi connectivity index (χ1n) is 19.6. The van der Waals surface area contributed by atoms with Crippen molar-refractivity contribution in [2.24, 2.45) is 57.2 Å². The second kappa shape index (κ2) is 8.39. The molecule has 246 valence electrons. The molecule has 6 fully saturated rings. The van der Waals surface area contributed by atoms with Crippen LogP contribution in [-0.4, -0.2) is 18.0 Å². The van der Waals surface area contributed by atoms with E-state index < -0.39 is 0 Å². The van der Waals surface area contributed by atoms with Crippen LogP contribution in [0.15, 0.2) is 95.1 Å². The van der Waals surface area contributed by atoms with Gasteiger partial charge in [-0.25, -0.2) is 4.99 Å². The van der Waals surface area contributed by atoms with Crippen LogP contribution in [0.5, 0.6) is 0 Å². The van der Waals surface area contributed by atoms with Crippen molar-refractivity contribution >= 4 is 34.2 Å². The van der Waals surface area contributed by atoms with Crippen LogP contribution in [0, 0.1) is 52.3 Å². The fraction of sp³-hybridized carbons (Fsp3) is 0.489. The maximum Gasteiger partial charge on any atom is 0.113 e. The molecule has 49 heavy (non-hydrogen) atoms. The van der Waals surface area contributed by atoms with Gasteiger partial charge < -0.3 is 15.1 Å². The zero-order chi connectivity index (χ0) is 32.2. The van der Waals surface area contributed by atoms with Crippen molar-refractivity contribution in [2.45, 2.75) is 83.3 Å². The van der Waals surface area contributed by atoms with Gasteiger partial charge in [0, 0.05) is 28.6 Å². The monoisotopic (exact) mass is 642 g/mol. The van der Waals surface area contributed by atoms with Crippen molar-refractivity contribution < 1.29 is 0 Å². The van der Waals surface area contributed by atoms with Crippen molar-refractivity contribution in [3.05, 3.63) is 101 Å². The number of allylic oxidation sites excluding steroid dienone is 2. The molecule has 0 amide bonds. The highest BCUT2D eigenvalue weighted by Crippen LogP contribution is 2.87. The fourth-order valence-electron chi connectivity index (χ4n) is 14.1. The summed E-state index contributed by atoms with van der Waals surface area (Å²) in [5.74, 6) is 7.25. The number of nitrogens with one attached hydrogen (secondary N) is 1. The minimum atomic E-state index is -0.0373. The number of amidine groups is 1. The van der Waals surface area contributed by atoms with Crippen LogP contribution in [-0.2, 0) is 5.41 Å². The van der Waals surface area contributed by atoms with Gasteiger partial charge in [0.2, 0.25) is 0 Å². The average molecular weight is 643 g/mol. The first kappa shape index (κ1) is 27.0. The maximum atomic E-state index is 5.66. The van der Waals surface area contributed by atoms with Gasteiger partial charge in [-0.2, -0.15) is 0 Å². The lowest BCUT2D eigenvalue weighted by atomic mass is 9.71. The van der Waals surface area contributed by atoms with Gasteiger partial charge in [-0.15, -0.1) is 0 Å². The van der Waals surface area contributed by atoms with Gasteiger partial charge in [-0.1, -0.05) is 57.2 Å². The lowest BCUT2D eigenvalue weighted by Crippen LogP contribution is -2.42. The molecule has 2 aliphatic heterocycles. The van der Waals surface area contributed by atoms with Gasteiger partial charge in [0.1, 0.15) is 12.0 Å². The molecule has 11 unspecified atom stereocenters. The van der Waals surface area contributed by atoms with Crippen molar-refractivity contribution in [2.75, 3.05) is 15.1 Å². The van der Waals surface area contributed by atoms with E-state index in [0.717, 1.165) is 41.9 Å². The molecule has 3 aromatic carbocycles. The third-order valence-corrected chi connectivity index (χ3v) is 16.8. The van der Waals surface area contributed by atoms with Crippen LogP contribution in [0.25, 0.3) is 5.57 Å². The van der Waals surface area contributed by atoms with Crippen LogP contribution >= 0.6 is 0 Å². The summed E-state index contributed by atoms with van der Waals surface area (Å²) in [6.07, 6.45) is 12.5. The average Bonchev–Trinajstić information content (AvgIpc) is 3.99. The molecule has 4 nitrogen and oxygen atoms in total. The highest BCUT2D eigenvalue weighted by Gasteiger charge is 2.82. The van der Waals surface area contributed by atoms with Gasteiger partial charge in [0.15, 0.2) is 0 Å². The van der Waals surface area contributed by atoms with Gasteiger partial charge >= 0.3 is 0 Å². The van der Waals surface area contributed by atoms with Gasteiger partial charge in [0.25, 0.3) is 0 Å². The number of nitrogens with zero attached hydrogens (tertiary/aromatic N) is 3. The van der Waals surface area contributed by atoms with E-state index in [4.69, 9.17) is 4.99 Å². The van der Waals surface area contributed by atoms with Crippen molar-refractivity contribution in [3.63, 3.8) is 0 Å². The summed E-state index contributed by atoms with van der Waals surface area (Å²) in [6.45, 7) is 7.52. The molecule has 0 radical (unpaired) electrons. The highest BCUT2D eigenvalue weighted by molar-refractivity contribution is 6.06. The Kier molecular flexibility index (Phi) is 4.62. The van der Waals surface area contributed by atoms with Gasteiger partial charge in [-0.3, -0.25) is 0 Å². The van der Waals surface area contributed by atoms with E-state index in [1.807, 2.05) is 0 Å². The summed E-state index contributed by atoms with van der Waals surface area (Å²) in [6, 6.07) is 27.9. The second-order valence-electron chi connectivity index (χ2n) is 18.5. The highest BCUT2D eigenvalue weighted by atomic mass is 15.3. The molecular formula is C45H46N4. The molecule has 0 bridgehead atoms. The molecule has 8 aliphatic carbocycles. The molecule has 6 saturated carbocycles. The Bertz CT molecular complexity index is 2110. The van der Waals surface area contributed by atoms with Gasteiger partial charge in [0.05, 0.1) is 23.1 Å². The number of para-hydroxylation sites is 2. The third kappa shape index (κ3) is 3.07. The quantitative estimate of drug-likeness (QED) is 0.307. The van der Waals surface area contributed by atoms with E-state index in [-0.39, 0.29) is 11.5 Å². The fourth-order valence-corrected chi connectivity index (χ4v) is 14.1. The van der Waals surface area contributed by atoms with E-state index >= 15 is 0 Å². The van der Waals surface area contributed by atoms with Crippen LogP contribution in [0.4, 0.5) is 22.7 Å². The normalized spacial score (nSPS) is 42.8. The third-order valence-electron chi connectivity index (χ3n) is 16.8. The Hall–Kier alpha value is -3.79. The summed E-state index contributed by atoms with van der Waals surface area (Å²) in [5, 5.41) is 4.19. The minimum Gasteiger partial charge on any atom is -0.363 e. The standard InChI is InChI=1S/C45H46N4/c1-24-40-32(17-26-22-45(24,26)40)42-47-37-19-30-29-18-36-38(20-33(29)43(2,3)34(30)21-39(37)49(42)28-12-8-5-9-13-28)48(27-10-6-4-7-11-27)41(46-36)31-16-25-14-15-44(25)23-35(31)44/h4-13,18-20,24-26,31-32,35,39-41,46H,14-17,21-23H2,1-3H3. The summed E-state index contributed by atoms with van der Waals surface area (Å²) in [4.78, 5) is 11.0. The number of benzene rings is 3. The summed E-state index contributed by atoms with van der Waals surface area (Å²) < 4.78 is 0. The van der Waals surface area contributed by atoms with Crippen molar-refractivity contribution in [1.29, 1.82) is 0 Å². The van der Waals surface area contributed by atoms with Crippen molar-refractivity contribution in [1.82, 2.24) is 0 Å². The lowest BCUT2D eigenvalue weighted by Gasteiger charge is -2.36. The predicted octanol–water partition coefficient (Wildman–Crippen LogP) is 9.92. The summed E-state index contributed by atoms with van der Waals surface area (Å²) in [5.41, 5.74) is 14.0. The molecule has 2 spiro atoms. The first-order chi connectivity index (χ1) is 23.9. The lowest BCUT2D eigenvalue weighted by molar-refractivity contribution is 0.163. The van der Waals surface area contributed by atoms with E-state index in [2.05, 4.69) is 115 Å². The molecule has 0 saturated heterocycles. The van der Waals surface area contributed by atoms with Crippen LogP contribution in [0.2, 0.25) is 0 Å². The molecule has 11 atom stereocenters. The zero-order valence-corrected chi connectivity index (χ0v) is 29.0. The Morgan fingerprint density at radius 2 is 1.65 bits per heavy atom. The smallest absolute Gasteiger partial charge is 0.113 e. The van der Waals surface area contributed by atoms with Crippen LogP contribution in [0.3, 0.4) is 0 Å². The number of hydrogen-bond donors (Lipinski definition) is 1. The summed E-state index contributed by atoms with van der Waals surface area (Å²) in [7, 11) is 0. The molecule has 1 N–H and O–H groups in total. The van der Waals surface area contributed by atoms with E-state index in [9.17, 15) is 0 Å². The molecule has 2 heterocycles. The SMILES string of the molecule is CC1C2C(C3=NC4=CC5=C(CC4N3c3ccccc3)C(C)(C)c3cc4c(cc35)NC(C3CC5CCC56CC36)N4c3ccccc3)CC3CC312. The second-order valence-corrected chi connectivity index (χ2v) is 18.5. The maximum absolute atomic E-state index is 5.66. The Morgan fingerprint density at radius 3 is 2.31 bits per heavy atom. The van der Waals surface area contributed by atoms with Crippen LogP contribution in [0.1, 0.15) is 76.8 Å². The van der Waals surface area contributed by atoms with E-state index in [1.54, 1.807) is 5.57 Å². The van der Waals surface area contributed by atoms with E-state index in [0.29, 0.717) is 22.9 Å². The molecule has 4 heteroatoms. The molecule has 0 aromatic heterocycles. The Morgan fingerprint density at radius 1 is 0.878 bits per heavy atom. The molecule has 10 aliphatic rings. The van der Waals surface area contributed by atoms with E-state index in [1.165, 1.54) is 89.5 Å². The number of rotatable bonds is 4. The van der Waals surface area contributed by atoms with Gasteiger partial charge in [-0.05, 0) is 150 Å². The Balaban J connectivity index is 0.914. The number of aliphatic imine (C=N–C) groups is 1. The molecule has 13 rings (SSSR count). The first-order valence-corrected chi connectivity index (χ1v) is 19.6. The summed E-state index contributed by atoms with van der Waals surface area (Å²) >= 11 is 0. The topological polar surface area (TPSA) is 30.9 Å². The van der Waals surface area contributed by atoms with Crippen LogP contribution < -0.4 is 15.1 Å². The number of fused-ring (bicyclic) bond motifs is 4. The van der Waals surface area contributed by atoms with Crippen molar-refractivity contribution in [3.8, 4) is 0 Å². The molecular weight excluding hydrogens is 597 g/mol. The minimum absolute atomic E-state index is 0.0373. The molecule has 3 aromatic rings. The number of hydrogen-bond acceptors (Lipinski definition) is 4. The largest absolute Gasteiger partial charge is 0.363 e.